The molecule has 2 fully saturated rings. The van der Waals surface area contributed by atoms with E-state index in [0.29, 0.717) is 13.0 Å². The van der Waals surface area contributed by atoms with Crippen LogP contribution in [0.2, 0.25) is 0 Å². The number of hydrogen-bond acceptors (Lipinski definition) is 5. The number of nitrogens with zero attached hydrogens (tertiary/aromatic N) is 2. The van der Waals surface area contributed by atoms with Crippen LogP contribution < -0.4 is 10.6 Å². The van der Waals surface area contributed by atoms with Crippen LogP contribution in [0.25, 0.3) is 0 Å². The van der Waals surface area contributed by atoms with Crippen LogP contribution in [0, 0.1) is 5.92 Å². The van der Waals surface area contributed by atoms with Crippen molar-refractivity contribution in [3.63, 3.8) is 0 Å². The average molecular weight is 479 g/mol. The third-order valence-electron chi connectivity index (χ3n) is 6.85. The summed E-state index contributed by atoms with van der Waals surface area (Å²) in [6, 6.07) is 14.2. The highest BCUT2D eigenvalue weighted by Crippen LogP contribution is 2.43. The van der Waals surface area contributed by atoms with Gasteiger partial charge < -0.3 is 25.5 Å². The monoisotopic (exact) mass is 478 g/mol. The number of piperazine rings is 1. The molecule has 8 nitrogen and oxygen atoms in total. The van der Waals surface area contributed by atoms with Crippen LogP contribution in [0.15, 0.2) is 54.6 Å². The van der Waals surface area contributed by atoms with E-state index in [2.05, 4.69) is 15.5 Å². The molecule has 2 heterocycles. The Hall–Kier alpha value is -3.39. The number of carbonyl (C=O) groups is 3. The molecule has 2 aliphatic heterocycles. The smallest absolute Gasteiger partial charge is 0.246 e. The highest BCUT2D eigenvalue weighted by atomic mass is 16.3. The molecular weight excluding hydrogens is 444 g/mol. The summed E-state index contributed by atoms with van der Waals surface area (Å²) < 4.78 is 0. The highest BCUT2D eigenvalue weighted by Gasteiger charge is 2.54. The summed E-state index contributed by atoms with van der Waals surface area (Å²) in [5.74, 6) is -1.01. The molecule has 0 saturated carbocycles. The van der Waals surface area contributed by atoms with Gasteiger partial charge in [-0.05, 0) is 63.2 Å². The van der Waals surface area contributed by atoms with Gasteiger partial charge in [0.25, 0.3) is 0 Å². The van der Waals surface area contributed by atoms with Crippen LogP contribution in [-0.4, -0.2) is 71.9 Å². The van der Waals surface area contributed by atoms with E-state index in [0.717, 1.165) is 30.5 Å². The minimum absolute atomic E-state index is 0.106. The lowest BCUT2D eigenvalue weighted by atomic mass is 9.92. The van der Waals surface area contributed by atoms with Gasteiger partial charge in [0.2, 0.25) is 17.7 Å². The van der Waals surface area contributed by atoms with Crippen molar-refractivity contribution in [3.05, 3.63) is 65.7 Å². The van der Waals surface area contributed by atoms with Crippen LogP contribution in [0.3, 0.4) is 0 Å². The molecule has 3 amide bonds. The van der Waals surface area contributed by atoms with Gasteiger partial charge in [-0.3, -0.25) is 14.4 Å². The fraction of sp³-hybridized carbons (Fsp3) is 0.444. The van der Waals surface area contributed by atoms with Gasteiger partial charge in [-0.15, -0.1) is 0 Å². The number of nitrogens with one attached hydrogen (secondary N) is 2. The van der Waals surface area contributed by atoms with E-state index < -0.39 is 24.0 Å². The zero-order valence-corrected chi connectivity index (χ0v) is 20.3. The third kappa shape index (κ3) is 5.65. The van der Waals surface area contributed by atoms with E-state index >= 15 is 0 Å². The van der Waals surface area contributed by atoms with Gasteiger partial charge in [0.1, 0.15) is 17.8 Å². The van der Waals surface area contributed by atoms with Crippen molar-refractivity contribution in [2.24, 2.45) is 5.92 Å². The summed E-state index contributed by atoms with van der Waals surface area (Å²) in [5, 5.41) is 15.7. The molecule has 0 aliphatic carbocycles. The maximum atomic E-state index is 13.7. The van der Waals surface area contributed by atoms with Crippen LogP contribution in [0.4, 0.5) is 0 Å². The first-order valence-electron chi connectivity index (χ1n) is 12.2. The Morgan fingerprint density at radius 3 is 2.49 bits per heavy atom. The second-order valence-corrected chi connectivity index (χ2v) is 9.69. The number of benzene rings is 2. The molecule has 0 unspecified atom stereocenters. The second-order valence-electron chi connectivity index (χ2n) is 9.69. The Kier molecular flexibility index (Phi) is 7.70. The maximum Gasteiger partial charge on any atom is 0.246 e. The topological polar surface area (TPSA) is 102 Å². The Morgan fingerprint density at radius 2 is 1.80 bits per heavy atom. The fourth-order valence-electron chi connectivity index (χ4n) is 5.10. The predicted octanol–water partition coefficient (Wildman–Crippen LogP) is 1.85. The number of carbonyl (C=O) groups excluding carboxylic acids is 3. The van der Waals surface area contributed by atoms with Crippen LogP contribution in [0.5, 0.6) is 5.75 Å². The lowest BCUT2D eigenvalue weighted by Crippen LogP contribution is -2.62. The molecule has 2 aromatic carbocycles. The standard InChI is InChI=1S/C27H34N4O4/c1-30(2)15-7-6-14-28-25(33)21-17-23-26(34)29-22(16-18-8-4-3-5-9-18)27(35)31(23)24(21)19-10-12-20(32)13-11-19/h3-5,8-13,21-24,32H,6-7,14-17H2,1-2H3,(H,28,33)(H,29,34)/t21-,22-,23-,24-/m0/s1. The van der Waals surface area contributed by atoms with E-state index in [-0.39, 0.29) is 29.9 Å². The van der Waals surface area contributed by atoms with Gasteiger partial charge in [0.15, 0.2) is 0 Å². The summed E-state index contributed by atoms with van der Waals surface area (Å²) >= 11 is 0. The lowest BCUT2D eigenvalue weighted by Gasteiger charge is -2.38. The van der Waals surface area contributed by atoms with E-state index in [4.69, 9.17) is 0 Å². The van der Waals surface area contributed by atoms with Crippen LogP contribution in [-0.2, 0) is 20.8 Å². The summed E-state index contributed by atoms with van der Waals surface area (Å²) in [5.41, 5.74) is 1.69. The van der Waals surface area contributed by atoms with Crippen molar-refractivity contribution in [1.82, 2.24) is 20.4 Å². The molecule has 2 aromatic rings. The van der Waals surface area contributed by atoms with Crippen molar-refractivity contribution >= 4 is 17.7 Å². The number of hydrogen-bond donors (Lipinski definition) is 3. The molecule has 0 spiro atoms. The van der Waals surface area contributed by atoms with Gasteiger partial charge in [-0.1, -0.05) is 42.5 Å². The summed E-state index contributed by atoms with van der Waals surface area (Å²) in [4.78, 5) is 43.8. The Labute approximate surface area is 206 Å². The zero-order valence-electron chi connectivity index (χ0n) is 20.3. The normalized spacial score (nSPS) is 23.8. The molecule has 0 aromatic heterocycles. The van der Waals surface area contributed by atoms with Crippen molar-refractivity contribution in [2.75, 3.05) is 27.2 Å². The zero-order chi connectivity index (χ0) is 24.9. The van der Waals surface area contributed by atoms with Crippen molar-refractivity contribution in [2.45, 2.75) is 43.8 Å². The minimum atomic E-state index is -0.696. The van der Waals surface area contributed by atoms with Gasteiger partial charge in [-0.2, -0.15) is 0 Å². The van der Waals surface area contributed by atoms with Crippen molar-refractivity contribution < 1.29 is 19.5 Å². The molecule has 4 rings (SSSR count). The van der Waals surface area contributed by atoms with E-state index in [1.807, 2.05) is 44.4 Å². The van der Waals surface area contributed by atoms with E-state index in [1.54, 1.807) is 29.2 Å². The predicted molar refractivity (Wildman–Crippen MR) is 132 cm³/mol. The number of fused-ring (bicyclic) bond motifs is 1. The maximum absolute atomic E-state index is 13.7. The number of unbranched alkanes of at least 4 members (excludes halogenated alkanes) is 1. The summed E-state index contributed by atoms with van der Waals surface area (Å²) in [6.45, 7) is 1.50. The highest BCUT2D eigenvalue weighted by molar-refractivity contribution is 5.99. The Morgan fingerprint density at radius 1 is 1.09 bits per heavy atom. The van der Waals surface area contributed by atoms with Crippen molar-refractivity contribution in [1.29, 1.82) is 0 Å². The SMILES string of the molecule is CN(C)CCCCNC(=O)[C@H]1C[C@H]2C(=O)N[C@@H](Cc3ccccc3)C(=O)N2[C@H]1c1ccc(O)cc1. The lowest BCUT2D eigenvalue weighted by molar-refractivity contribution is -0.149. The molecule has 2 aliphatic rings. The molecule has 8 heteroatoms. The van der Waals surface area contributed by atoms with Crippen molar-refractivity contribution in [3.8, 4) is 5.75 Å². The summed E-state index contributed by atoms with van der Waals surface area (Å²) in [7, 11) is 4.03. The quantitative estimate of drug-likeness (QED) is 0.478. The molecule has 0 radical (unpaired) electrons. The Bertz CT molecular complexity index is 1040. The molecule has 3 N–H and O–H groups in total. The van der Waals surface area contributed by atoms with Gasteiger partial charge >= 0.3 is 0 Å². The Balaban J connectivity index is 1.55. The minimum Gasteiger partial charge on any atom is -0.508 e. The first-order valence-corrected chi connectivity index (χ1v) is 12.2. The largest absolute Gasteiger partial charge is 0.508 e. The second kappa shape index (κ2) is 10.9. The number of rotatable bonds is 9. The van der Waals surface area contributed by atoms with Crippen LogP contribution in [0.1, 0.15) is 36.4 Å². The summed E-state index contributed by atoms with van der Waals surface area (Å²) in [6.07, 6.45) is 2.48. The first kappa shape index (κ1) is 24.7. The first-order chi connectivity index (χ1) is 16.8. The van der Waals surface area contributed by atoms with Gasteiger partial charge in [0, 0.05) is 13.0 Å². The van der Waals surface area contributed by atoms with Gasteiger partial charge in [-0.25, -0.2) is 0 Å². The van der Waals surface area contributed by atoms with Gasteiger partial charge in [0.05, 0.1) is 12.0 Å². The molecule has 0 bridgehead atoms. The molecule has 186 valence electrons. The number of amides is 3. The molecule has 4 atom stereocenters. The third-order valence-corrected chi connectivity index (χ3v) is 6.85. The number of aromatic hydroxyl groups is 1. The van der Waals surface area contributed by atoms with Crippen LogP contribution >= 0.6 is 0 Å². The average Bonchev–Trinajstić information content (AvgIpc) is 3.25. The van der Waals surface area contributed by atoms with E-state index in [1.165, 1.54) is 0 Å². The van der Waals surface area contributed by atoms with E-state index in [9.17, 15) is 19.5 Å². The molecular formula is C27H34N4O4. The number of phenolic OH excluding ortho intramolecular Hbond substituents is 1. The molecule has 35 heavy (non-hydrogen) atoms. The molecule has 2 saturated heterocycles. The fourth-order valence-corrected chi connectivity index (χ4v) is 5.10. The number of phenols is 1.